The first kappa shape index (κ1) is 60.4. The predicted molar refractivity (Wildman–Crippen MR) is 240 cm³/mol. The smallest absolute Gasteiger partial charge is 0.326 e. The van der Waals surface area contributed by atoms with Crippen LogP contribution in [-0.4, -0.2) is 182 Å². The number of nitrogens with one attached hydrogen (secondary N) is 7. The number of amides is 10. The van der Waals surface area contributed by atoms with Crippen LogP contribution in [0.3, 0.4) is 0 Å². The van der Waals surface area contributed by atoms with E-state index in [-0.39, 0.29) is 37.5 Å². The summed E-state index contributed by atoms with van der Waals surface area (Å²) in [6.07, 6.45) is -2.10. The molecule has 1 rings (SSSR count). The van der Waals surface area contributed by atoms with Crippen LogP contribution in [0.1, 0.15) is 85.0 Å². The van der Waals surface area contributed by atoms with Gasteiger partial charge in [-0.05, 0) is 63.4 Å². The number of nitrogens with two attached hydrogens (primary N) is 3. The van der Waals surface area contributed by atoms with Crippen molar-refractivity contribution in [2.45, 2.75) is 139 Å². The summed E-state index contributed by atoms with van der Waals surface area (Å²) in [7, 11) is 0. The quantitative estimate of drug-likeness (QED) is 0.0298. The van der Waals surface area contributed by atoms with E-state index in [1.807, 2.05) is 0 Å². The molecule has 0 bridgehead atoms. The van der Waals surface area contributed by atoms with E-state index in [0.717, 1.165) is 11.8 Å². The third-order valence-electron chi connectivity index (χ3n) is 10.3. The summed E-state index contributed by atoms with van der Waals surface area (Å²) in [5.74, 6) is -14.7. The summed E-state index contributed by atoms with van der Waals surface area (Å²) in [6, 6.07) is -14.1. The summed E-state index contributed by atoms with van der Waals surface area (Å²) in [5.41, 5.74) is 16.2. The van der Waals surface area contributed by atoms with Gasteiger partial charge in [-0.3, -0.25) is 57.5 Å². The first-order chi connectivity index (χ1) is 32.2. The molecule has 9 atom stereocenters. The molecule has 28 nitrogen and oxygen atoms in total. The van der Waals surface area contributed by atoms with Gasteiger partial charge < -0.3 is 79.7 Å². The Morgan fingerprint density at radius 3 is 1.64 bits per heavy atom. The van der Waals surface area contributed by atoms with Gasteiger partial charge in [0.1, 0.15) is 54.4 Å². The van der Waals surface area contributed by atoms with E-state index in [9.17, 15) is 82.8 Å². The molecule has 0 radical (unpaired) electrons. The first-order valence-corrected chi connectivity index (χ1v) is 23.1. The zero-order valence-electron chi connectivity index (χ0n) is 38.6. The van der Waals surface area contributed by atoms with Crippen molar-refractivity contribution in [3.8, 4) is 0 Å². The Morgan fingerprint density at radius 2 is 1.12 bits per heavy atom. The largest absolute Gasteiger partial charge is 0.481 e. The number of aliphatic hydroxyl groups excluding tert-OH is 1. The van der Waals surface area contributed by atoms with E-state index >= 15 is 0 Å². The van der Waals surface area contributed by atoms with Crippen molar-refractivity contribution in [1.82, 2.24) is 42.1 Å². The van der Waals surface area contributed by atoms with Gasteiger partial charge in [0.15, 0.2) is 0 Å². The second-order valence-electron chi connectivity index (χ2n) is 16.5. The third kappa shape index (κ3) is 21.9. The lowest BCUT2D eigenvalue weighted by molar-refractivity contribution is -0.145. The lowest BCUT2D eigenvalue weighted by atomic mass is 10.0. The minimum atomic E-state index is -1.92. The zero-order chi connectivity index (χ0) is 52.7. The normalized spacial score (nSPS) is 16.7. The Morgan fingerprint density at radius 1 is 0.609 bits per heavy atom. The summed E-state index contributed by atoms with van der Waals surface area (Å²) in [5, 5.41) is 53.5. The number of likely N-dealkylation sites (tertiary alicyclic amines) is 1. The highest BCUT2D eigenvalue weighted by Gasteiger charge is 2.40. The highest BCUT2D eigenvalue weighted by Crippen LogP contribution is 2.21. The van der Waals surface area contributed by atoms with Crippen LogP contribution < -0.4 is 54.4 Å². The van der Waals surface area contributed by atoms with Gasteiger partial charge in [0.2, 0.25) is 59.1 Å². The number of carboxylic acid groups (broad SMARTS) is 3. The molecule has 388 valence electrons. The highest BCUT2D eigenvalue weighted by molar-refractivity contribution is 7.98. The first-order valence-electron chi connectivity index (χ1n) is 21.7. The molecule has 0 aromatic carbocycles. The highest BCUT2D eigenvalue weighted by atomic mass is 32.2. The standard InChI is InChI=1S/C40H65N11O17S/c1-18(2)14-26(40(67)68)50-38(65)27-6-5-12-51(27)39(66)23(7-9-28(42)53)47-36(63)24(15-29(43)54)48-32(59)19(3)44-34(61)21(8-10-30(55)56)46-37(64)25(16-31(57)58)49-35(62)22(11-13-69-4)45-33(60)20(41)17-52/h18-27,52H,5-17,41H2,1-4H3,(H2,42,53)(H2,43,54)(H,44,61)(H,45,60)(H,46,64)(H,47,63)(H,48,59)(H,49,62)(H,50,65)(H,55,56)(H,57,58)(H,67,68)/t19-,20-,21-,22-,23-,24-,25-,26-,27-/m0/s1. The average molecular weight is 1000 g/mol. The van der Waals surface area contributed by atoms with Gasteiger partial charge >= 0.3 is 17.9 Å². The van der Waals surface area contributed by atoms with E-state index in [1.165, 1.54) is 11.8 Å². The van der Waals surface area contributed by atoms with E-state index in [2.05, 4.69) is 37.2 Å². The Kier molecular flexibility index (Phi) is 26.3. The maximum atomic E-state index is 13.9. The average Bonchev–Trinajstić information content (AvgIpc) is 3.76. The number of aliphatic hydroxyl groups is 1. The fourth-order valence-corrected chi connectivity index (χ4v) is 7.17. The maximum Gasteiger partial charge on any atom is 0.326 e. The van der Waals surface area contributed by atoms with Crippen LogP contribution in [0.25, 0.3) is 0 Å². The molecule has 0 unspecified atom stereocenters. The topological polar surface area (TPSA) is 468 Å². The van der Waals surface area contributed by atoms with E-state index < -0.39 is 176 Å². The van der Waals surface area contributed by atoms with Crippen LogP contribution in [-0.2, 0) is 62.3 Å². The third-order valence-corrected chi connectivity index (χ3v) is 11.0. The molecule has 0 aromatic heterocycles. The summed E-state index contributed by atoms with van der Waals surface area (Å²) >= 11 is 1.27. The number of carbonyl (C=O) groups excluding carboxylic acids is 10. The Bertz CT molecular complexity index is 1910. The predicted octanol–water partition coefficient (Wildman–Crippen LogP) is -5.93. The zero-order valence-corrected chi connectivity index (χ0v) is 39.5. The van der Waals surface area contributed by atoms with Gasteiger partial charge in [-0.25, -0.2) is 4.79 Å². The van der Waals surface area contributed by atoms with Crippen LogP contribution >= 0.6 is 11.8 Å². The van der Waals surface area contributed by atoms with Crippen molar-refractivity contribution in [2.75, 3.05) is 25.2 Å². The second kappa shape index (κ2) is 30.0. The SMILES string of the molecule is CSCC[C@H](NC(=O)[C@@H](N)CO)C(=O)N[C@@H](CC(=O)O)C(=O)N[C@@H](CCC(=O)O)C(=O)N[C@@H](C)C(=O)N[C@@H](CC(N)=O)C(=O)N[C@@H](CCC(N)=O)C(=O)N1CCC[C@H]1C(=O)N[C@@H](CC(C)C)C(=O)O. The van der Waals surface area contributed by atoms with Gasteiger partial charge in [0.25, 0.3) is 0 Å². The minimum Gasteiger partial charge on any atom is -0.481 e. The molecular formula is C40H65N11O17S. The van der Waals surface area contributed by atoms with Gasteiger partial charge in [0, 0.05) is 19.4 Å². The van der Waals surface area contributed by atoms with Crippen molar-refractivity contribution in [3.05, 3.63) is 0 Å². The van der Waals surface area contributed by atoms with E-state index in [0.29, 0.717) is 6.42 Å². The molecule has 0 spiro atoms. The van der Waals surface area contributed by atoms with Crippen molar-refractivity contribution < 1.29 is 82.8 Å². The van der Waals surface area contributed by atoms with Crippen molar-refractivity contribution in [3.63, 3.8) is 0 Å². The molecule has 1 heterocycles. The number of primary amides is 2. The molecule has 29 heteroatoms. The molecule has 0 aliphatic carbocycles. The molecule has 1 aliphatic heterocycles. The molecule has 69 heavy (non-hydrogen) atoms. The van der Waals surface area contributed by atoms with Gasteiger partial charge in [-0.2, -0.15) is 11.8 Å². The van der Waals surface area contributed by atoms with E-state index in [1.54, 1.807) is 20.1 Å². The Hall–Kier alpha value is -6.62. The van der Waals surface area contributed by atoms with Crippen molar-refractivity contribution in [1.29, 1.82) is 0 Å². The Balaban J connectivity index is 3.33. The molecule has 17 N–H and O–H groups in total. The summed E-state index contributed by atoms with van der Waals surface area (Å²) in [6.45, 7) is 3.79. The number of hydrogen-bond donors (Lipinski definition) is 14. The number of nitrogens with zero attached hydrogens (tertiary/aromatic N) is 1. The van der Waals surface area contributed by atoms with Crippen LogP contribution in [0.15, 0.2) is 0 Å². The number of carboxylic acids is 3. The van der Waals surface area contributed by atoms with Gasteiger partial charge in [0.05, 0.1) is 19.4 Å². The minimum absolute atomic E-state index is 0.0105. The summed E-state index contributed by atoms with van der Waals surface area (Å²) < 4.78 is 0. The fourth-order valence-electron chi connectivity index (χ4n) is 6.70. The van der Waals surface area contributed by atoms with Gasteiger partial charge in [-0.15, -0.1) is 0 Å². The van der Waals surface area contributed by atoms with Crippen LogP contribution in [0, 0.1) is 5.92 Å². The van der Waals surface area contributed by atoms with Gasteiger partial charge in [-0.1, -0.05) is 13.8 Å². The van der Waals surface area contributed by atoms with Crippen LogP contribution in [0.2, 0.25) is 0 Å². The Labute approximate surface area is 400 Å². The summed E-state index contributed by atoms with van der Waals surface area (Å²) in [4.78, 5) is 167. The van der Waals surface area contributed by atoms with E-state index in [4.69, 9.17) is 17.2 Å². The second-order valence-corrected chi connectivity index (χ2v) is 17.5. The molecular weight excluding hydrogens is 939 g/mol. The number of rotatable bonds is 32. The monoisotopic (exact) mass is 1000 g/mol. The lowest BCUT2D eigenvalue weighted by Crippen LogP contribution is -2.60. The molecule has 10 amide bonds. The fraction of sp³-hybridized carbons (Fsp3) is 0.675. The van der Waals surface area contributed by atoms with Crippen LogP contribution in [0.5, 0.6) is 0 Å². The number of thioether (sulfide) groups is 1. The molecule has 1 aliphatic rings. The molecule has 0 aromatic rings. The van der Waals surface area contributed by atoms with Crippen LogP contribution in [0.4, 0.5) is 0 Å². The number of hydrogen-bond acceptors (Lipinski definition) is 16. The van der Waals surface area contributed by atoms with Crippen molar-refractivity contribution in [2.24, 2.45) is 23.1 Å². The molecule has 1 saturated heterocycles. The van der Waals surface area contributed by atoms with Crippen molar-refractivity contribution >= 4 is 88.7 Å². The number of aliphatic carboxylic acids is 3. The lowest BCUT2D eigenvalue weighted by Gasteiger charge is -2.30. The maximum absolute atomic E-state index is 13.9. The number of carbonyl (C=O) groups is 13. The molecule has 1 fully saturated rings. The molecule has 0 saturated carbocycles.